The van der Waals surface area contributed by atoms with Crippen LogP contribution < -0.4 is 5.73 Å². The van der Waals surface area contributed by atoms with Crippen molar-refractivity contribution in [1.82, 2.24) is 4.90 Å². The molecule has 1 aliphatic heterocycles. The maximum atomic E-state index is 12.6. The van der Waals surface area contributed by atoms with Gasteiger partial charge in [0.25, 0.3) is 0 Å². The maximum Gasteiger partial charge on any atom is 0.222 e. The summed E-state index contributed by atoms with van der Waals surface area (Å²) >= 11 is 1.95. The summed E-state index contributed by atoms with van der Waals surface area (Å²) in [6.07, 6.45) is 3.74. The van der Waals surface area contributed by atoms with Gasteiger partial charge in [-0.25, -0.2) is 0 Å². The van der Waals surface area contributed by atoms with E-state index in [4.69, 9.17) is 10.5 Å². The monoisotopic (exact) mass is 316 g/mol. The summed E-state index contributed by atoms with van der Waals surface area (Å²) in [5.41, 5.74) is 5.68. The normalized spacial score (nSPS) is 20.0. The molecule has 0 bridgehead atoms. The molecule has 0 aromatic heterocycles. The Bertz CT molecular complexity index is 294. The number of ether oxygens (including phenoxy) is 1. The molecule has 1 rings (SSSR count). The first-order valence-electron chi connectivity index (χ1n) is 8.16. The summed E-state index contributed by atoms with van der Waals surface area (Å²) in [6, 6.07) is 0.407. The van der Waals surface area contributed by atoms with E-state index in [2.05, 4.69) is 18.7 Å². The molecule has 0 aliphatic carbocycles. The zero-order valence-corrected chi connectivity index (χ0v) is 14.7. The molecule has 0 aromatic carbocycles. The second-order valence-electron chi connectivity index (χ2n) is 6.22. The molecule has 21 heavy (non-hydrogen) atoms. The van der Waals surface area contributed by atoms with Crippen molar-refractivity contribution in [2.75, 3.05) is 38.3 Å². The Hall–Kier alpha value is -0.260. The number of methoxy groups -OCH3 is 1. The average Bonchev–Trinajstić information content (AvgIpc) is 2.97. The molecular weight excluding hydrogens is 284 g/mol. The number of hydrogen-bond donors (Lipinski definition) is 1. The SMILES string of the molecule is COCCN(C(=O)CCC(CCN)C(C)C)C1CCSC1. The van der Waals surface area contributed by atoms with E-state index in [1.54, 1.807) is 7.11 Å². The molecule has 124 valence electrons. The van der Waals surface area contributed by atoms with Gasteiger partial charge in [0.05, 0.1) is 6.61 Å². The van der Waals surface area contributed by atoms with E-state index in [0.29, 0.717) is 43.4 Å². The number of carbonyl (C=O) groups is 1. The fraction of sp³-hybridized carbons (Fsp3) is 0.938. The van der Waals surface area contributed by atoms with Crippen molar-refractivity contribution < 1.29 is 9.53 Å². The predicted molar refractivity (Wildman–Crippen MR) is 90.6 cm³/mol. The van der Waals surface area contributed by atoms with Crippen molar-refractivity contribution in [2.45, 2.75) is 45.6 Å². The summed E-state index contributed by atoms with van der Waals surface area (Å²) in [5.74, 6) is 3.69. The van der Waals surface area contributed by atoms with E-state index in [9.17, 15) is 4.79 Å². The molecule has 2 atom stereocenters. The lowest BCUT2D eigenvalue weighted by atomic mass is 9.88. The van der Waals surface area contributed by atoms with Crippen molar-refractivity contribution in [3.63, 3.8) is 0 Å². The van der Waals surface area contributed by atoms with Crippen molar-refractivity contribution in [3.8, 4) is 0 Å². The molecule has 0 saturated carbocycles. The van der Waals surface area contributed by atoms with Crippen LogP contribution in [0.5, 0.6) is 0 Å². The minimum Gasteiger partial charge on any atom is -0.383 e. The minimum atomic E-state index is 0.294. The molecule has 1 saturated heterocycles. The van der Waals surface area contributed by atoms with E-state index in [1.807, 2.05) is 11.8 Å². The van der Waals surface area contributed by atoms with Gasteiger partial charge in [0, 0.05) is 31.9 Å². The number of nitrogens with zero attached hydrogens (tertiary/aromatic N) is 1. The third-order valence-corrected chi connectivity index (χ3v) is 5.56. The van der Waals surface area contributed by atoms with Gasteiger partial charge >= 0.3 is 0 Å². The van der Waals surface area contributed by atoms with Gasteiger partial charge in [-0.3, -0.25) is 4.79 Å². The van der Waals surface area contributed by atoms with Crippen LogP contribution in [0, 0.1) is 11.8 Å². The van der Waals surface area contributed by atoms with Crippen LogP contribution in [0.1, 0.15) is 39.5 Å². The number of carbonyl (C=O) groups excluding carboxylic acids is 1. The van der Waals surface area contributed by atoms with Gasteiger partial charge in [-0.15, -0.1) is 0 Å². The highest BCUT2D eigenvalue weighted by Gasteiger charge is 2.27. The largest absolute Gasteiger partial charge is 0.383 e. The first-order chi connectivity index (χ1) is 10.1. The topological polar surface area (TPSA) is 55.6 Å². The highest BCUT2D eigenvalue weighted by Crippen LogP contribution is 2.25. The van der Waals surface area contributed by atoms with Crippen molar-refractivity contribution >= 4 is 17.7 Å². The Kier molecular flexibility index (Phi) is 9.36. The molecule has 1 fully saturated rings. The van der Waals surface area contributed by atoms with Crippen LogP contribution in [0.15, 0.2) is 0 Å². The third-order valence-electron chi connectivity index (χ3n) is 4.41. The lowest BCUT2D eigenvalue weighted by molar-refractivity contribution is -0.134. The van der Waals surface area contributed by atoms with Crippen molar-refractivity contribution in [3.05, 3.63) is 0 Å². The average molecular weight is 317 g/mol. The predicted octanol–water partition coefficient (Wildman–Crippen LogP) is 2.37. The molecule has 0 spiro atoms. The molecule has 1 heterocycles. The van der Waals surface area contributed by atoms with E-state index >= 15 is 0 Å². The summed E-state index contributed by atoms with van der Waals surface area (Å²) in [7, 11) is 1.70. The third kappa shape index (κ3) is 6.57. The molecule has 0 aromatic rings. The quantitative estimate of drug-likeness (QED) is 0.672. The summed E-state index contributed by atoms with van der Waals surface area (Å²) in [5, 5.41) is 0. The van der Waals surface area contributed by atoms with Gasteiger partial charge < -0.3 is 15.4 Å². The Morgan fingerprint density at radius 2 is 2.19 bits per heavy atom. The second-order valence-corrected chi connectivity index (χ2v) is 7.37. The summed E-state index contributed by atoms with van der Waals surface area (Å²) in [4.78, 5) is 14.7. The highest BCUT2D eigenvalue weighted by molar-refractivity contribution is 7.99. The minimum absolute atomic E-state index is 0.294. The Morgan fingerprint density at radius 3 is 2.71 bits per heavy atom. The second kappa shape index (κ2) is 10.5. The molecule has 2 unspecified atom stereocenters. The Balaban J connectivity index is 2.50. The molecule has 2 N–H and O–H groups in total. The van der Waals surface area contributed by atoms with Gasteiger partial charge in [0.2, 0.25) is 5.91 Å². The molecule has 1 amide bonds. The van der Waals surface area contributed by atoms with Crippen LogP contribution in [0.4, 0.5) is 0 Å². The first-order valence-corrected chi connectivity index (χ1v) is 9.31. The number of thioether (sulfide) groups is 1. The number of rotatable bonds is 10. The van der Waals surface area contributed by atoms with E-state index in [-0.39, 0.29) is 0 Å². The zero-order valence-electron chi connectivity index (χ0n) is 13.8. The maximum absolute atomic E-state index is 12.6. The Morgan fingerprint density at radius 1 is 1.43 bits per heavy atom. The smallest absolute Gasteiger partial charge is 0.222 e. The van der Waals surface area contributed by atoms with Crippen LogP contribution in [-0.2, 0) is 9.53 Å². The molecule has 1 aliphatic rings. The number of nitrogens with two attached hydrogens (primary N) is 1. The zero-order chi connectivity index (χ0) is 15.7. The fourth-order valence-electron chi connectivity index (χ4n) is 2.95. The Labute approximate surface area is 134 Å². The standard InChI is InChI=1S/C16H32N2O2S/c1-13(2)14(6-8-17)4-5-16(19)18(9-10-20-3)15-7-11-21-12-15/h13-15H,4-12,17H2,1-3H3. The molecular formula is C16H32N2O2S. The van der Waals surface area contributed by atoms with Crippen molar-refractivity contribution in [1.29, 1.82) is 0 Å². The summed E-state index contributed by atoms with van der Waals surface area (Å²) < 4.78 is 5.17. The lowest BCUT2D eigenvalue weighted by Crippen LogP contribution is -2.42. The molecule has 4 nitrogen and oxygen atoms in total. The lowest BCUT2D eigenvalue weighted by Gasteiger charge is -2.29. The van der Waals surface area contributed by atoms with Gasteiger partial charge in [0.1, 0.15) is 0 Å². The van der Waals surface area contributed by atoms with Crippen LogP contribution >= 0.6 is 11.8 Å². The number of amides is 1. The van der Waals surface area contributed by atoms with E-state index in [1.165, 1.54) is 5.75 Å². The first kappa shape index (κ1) is 18.8. The van der Waals surface area contributed by atoms with Crippen LogP contribution in [0.2, 0.25) is 0 Å². The van der Waals surface area contributed by atoms with Crippen LogP contribution in [-0.4, -0.2) is 55.2 Å². The number of hydrogen-bond acceptors (Lipinski definition) is 4. The highest BCUT2D eigenvalue weighted by atomic mass is 32.2. The van der Waals surface area contributed by atoms with Crippen molar-refractivity contribution in [2.24, 2.45) is 17.6 Å². The molecule has 5 heteroatoms. The fourth-order valence-corrected chi connectivity index (χ4v) is 4.17. The molecule has 0 radical (unpaired) electrons. The van der Waals surface area contributed by atoms with E-state index < -0.39 is 0 Å². The van der Waals surface area contributed by atoms with E-state index in [0.717, 1.165) is 31.6 Å². The van der Waals surface area contributed by atoms with Crippen LogP contribution in [0.3, 0.4) is 0 Å². The van der Waals surface area contributed by atoms with Gasteiger partial charge in [-0.2, -0.15) is 11.8 Å². The van der Waals surface area contributed by atoms with Gasteiger partial charge in [-0.1, -0.05) is 13.8 Å². The van der Waals surface area contributed by atoms with Crippen LogP contribution in [0.25, 0.3) is 0 Å². The summed E-state index contributed by atoms with van der Waals surface area (Å²) in [6.45, 7) is 6.51. The van der Waals surface area contributed by atoms with Gasteiger partial charge in [0.15, 0.2) is 0 Å². The van der Waals surface area contributed by atoms with Gasteiger partial charge in [-0.05, 0) is 43.4 Å².